The van der Waals surface area contributed by atoms with Crippen molar-refractivity contribution in [2.45, 2.75) is 25.3 Å². The van der Waals surface area contributed by atoms with Gasteiger partial charge in [-0.1, -0.05) is 48.5 Å². The lowest BCUT2D eigenvalue weighted by Crippen LogP contribution is -2.35. The lowest BCUT2D eigenvalue weighted by atomic mass is 10.1. The molecular formula is C25H27N3O6S2. The number of nitrogens with one attached hydrogen (secondary N) is 2. The highest BCUT2D eigenvalue weighted by molar-refractivity contribution is 7.92. The quantitative estimate of drug-likeness (QED) is 0.199. The normalized spacial score (nSPS) is 11.4. The maximum atomic E-state index is 13.4. The summed E-state index contributed by atoms with van der Waals surface area (Å²) in [6, 6.07) is 26.3. The average molecular weight is 530 g/mol. The second-order valence-electron chi connectivity index (χ2n) is 7.45. The van der Waals surface area contributed by atoms with Gasteiger partial charge in [-0.25, -0.2) is 16.8 Å². The zero-order chi connectivity index (χ0) is 26.2. The van der Waals surface area contributed by atoms with E-state index in [-0.39, 0.29) is 11.5 Å². The van der Waals surface area contributed by atoms with E-state index in [4.69, 9.17) is 0 Å². The molecule has 0 spiro atoms. The fourth-order valence-corrected chi connectivity index (χ4v) is 5.01. The van der Waals surface area contributed by atoms with Gasteiger partial charge < -0.3 is 9.87 Å². The van der Waals surface area contributed by atoms with Gasteiger partial charge in [0.05, 0.1) is 17.7 Å². The summed E-state index contributed by atoms with van der Waals surface area (Å²) in [5.74, 6) is 0. The molecule has 0 atom stereocenters. The maximum absolute atomic E-state index is 13.4. The number of sulfonamides is 1. The van der Waals surface area contributed by atoms with E-state index in [0.29, 0.717) is 17.9 Å². The minimum atomic E-state index is -4.42. The van der Waals surface area contributed by atoms with Crippen LogP contribution < -0.4 is 14.6 Å². The third kappa shape index (κ3) is 7.25. The standard InChI is InChI=1S/C23H21N3O2S.C2H6O4S/c1-2-26-17-22(29(27,28)25-19-13-7-4-8-14-19)23(20-15-9-10-16-21(20)26)24-18-11-5-3-6-12-18;1-2-6-7(3,4)5/h3-17,25H,2H2,1H3;2H2,1H3,(H,3,4,5). The molecule has 2 N–H and O–H groups in total. The molecule has 9 nitrogen and oxygen atoms in total. The lowest BCUT2D eigenvalue weighted by molar-refractivity contribution is -0.669. The zero-order valence-corrected chi connectivity index (χ0v) is 21.4. The Morgan fingerprint density at radius 2 is 1.36 bits per heavy atom. The third-order valence-corrected chi connectivity index (χ3v) is 6.88. The monoisotopic (exact) mass is 529 g/mol. The van der Waals surface area contributed by atoms with Crippen molar-refractivity contribution in [1.29, 1.82) is 0 Å². The molecule has 4 aromatic rings. The molecule has 0 aliphatic heterocycles. The van der Waals surface area contributed by atoms with Gasteiger partial charge in [0.25, 0.3) is 10.0 Å². The maximum Gasteiger partial charge on any atom is 0.269 e. The van der Waals surface area contributed by atoms with Crippen LogP contribution in [0.4, 0.5) is 17.1 Å². The van der Waals surface area contributed by atoms with Crippen molar-refractivity contribution >= 4 is 48.4 Å². The van der Waals surface area contributed by atoms with Crippen LogP contribution in [0.15, 0.2) is 96.0 Å². The minimum absolute atomic E-state index is 0.0914. The van der Waals surface area contributed by atoms with Gasteiger partial charge in [0.1, 0.15) is 6.54 Å². The molecular weight excluding hydrogens is 502 g/mol. The number of pyridine rings is 1. The molecule has 36 heavy (non-hydrogen) atoms. The average Bonchev–Trinajstić information content (AvgIpc) is 2.85. The number of aryl methyl sites for hydroxylation is 1. The topological polar surface area (TPSA) is 129 Å². The molecule has 0 saturated carbocycles. The molecule has 1 aromatic heterocycles. The second kappa shape index (κ2) is 12.0. The first kappa shape index (κ1) is 27.1. The summed E-state index contributed by atoms with van der Waals surface area (Å²) in [6.07, 6.45) is 1.69. The highest BCUT2D eigenvalue weighted by Crippen LogP contribution is 2.32. The first-order valence-electron chi connectivity index (χ1n) is 11.1. The van der Waals surface area contributed by atoms with Crippen LogP contribution in [0.1, 0.15) is 13.8 Å². The van der Waals surface area contributed by atoms with Crippen molar-refractivity contribution < 1.29 is 30.1 Å². The first-order chi connectivity index (χ1) is 17.1. The Bertz CT molecular complexity index is 1510. The van der Waals surface area contributed by atoms with Gasteiger partial charge in [0.2, 0.25) is 15.9 Å². The molecule has 4 rings (SSSR count). The summed E-state index contributed by atoms with van der Waals surface area (Å²) in [7, 11) is -8.25. The highest BCUT2D eigenvalue weighted by Gasteiger charge is 2.27. The molecule has 0 aliphatic rings. The van der Waals surface area contributed by atoms with Crippen LogP contribution in [-0.4, -0.2) is 28.0 Å². The fourth-order valence-electron chi connectivity index (χ4n) is 3.46. The Morgan fingerprint density at radius 3 is 1.89 bits per heavy atom. The van der Waals surface area contributed by atoms with Crippen molar-refractivity contribution in [1.82, 2.24) is 0 Å². The van der Waals surface area contributed by atoms with E-state index in [1.165, 1.54) is 6.92 Å². The minimum Gasteiger partial charge on any atom is -0.726 e. The van der Waals surface area contributed by atoms with E-state index < -0.39 is 20.4 Å². The summed E-state index contributed by atoms with van der Waals surface area (Å²) in [5.41, 5.74) is 2.87. The zero-order valence-electron chi connectivity index (χ0n) is 19.8. The predicted octanol–water partition coefficient (Wildman–Crippen LogP) is 4.17. The summed E-state index contributed by atoms with van der Waals surface area (Å²) in [4.78, 5) is 0.200. The van der Waals surface area contributed by atoms with Crippen LogP contribution in [0.5, 0.6) is 0 Å². The summed E-state index contributed by atoms with van der Waals surface area (Å²) in [6.45, 7) is 3.99. The molecule has 190 valence electrons. The highest BCUT2D eigenvalue weighted by atomic mass is 32.3. The van der Waals surface area contributed by atoms with E-state index in [0.717, 1.165) is 16.6 Å². The number of nitrogens with zero attached hydrogens (tertiary/aromatic N) is 1. The number of fused-ring (bicyclic) bond motifs is 1. The van der Waals surface area contributed by atoms with Crippen LogP contribution in [0.2, 0.25) is 0 Å². The van der Waals surface area contributed by atoms with Gasteiger partial charge in [-0.2, -0.15) is 4.57 Å². The van der Waals surface area contributed by atoms with E-state index in [1.54, 1.807) is 30.5 Å². The van der Waals surface area contributed by atoms with Crippen molar-refractivity contribution in [3.05, 3.63) is 91.1 Å². The molecule has 1 heterocycles. The van der Waals surface area contributed by atoms with Gasteiger partial charge in [0, 0.05) is 17.4 Å². The van der Waals surface area contributed by atoms with E-state index >= 15 is 0 Å². The molecule has 0 fully saturated rings. The molecule has 0 radical (unpaired) electrons. The van der Waals surface area contributed by atoms with Gasteiger partial charge in [-0.15, -0.1) is 0 Å². The van der Waals surface area contributed by atoms with Gasteiger partial charge in [0.15, 0.2) is 11.1 Å². The van der Waals surface area contributed by atoms with Crippen LogP contribution >= 0.6 is 0 Å². The number of rotatable bonds is 8. The fraction of sp³-hybridized carbons (Fsp3) is 0.160. The lowest BCUT2D eigenvalue weighted by Gasteiger charge is -2.15. The number of benzene rings is 3. The van der Waals surface area contributed by atoms with Crippen LogP contribution in [-0.2, 0) is 31.2 Å². The number of para-hydroxylation sites is 3. The summed E-state index contributed by atoms with van der Waals surface area (Å²) >= 11 is 0. The Balaban J connectivity index is 0.000000454. The Hall–Kier alpha value is -3.51. The first-order valence-corrected chi connectivity index (χ1v) is 13.9. The predicted molar refractivity (Wildman–Crippen MR) is 138 cm³/mol. The molecule has 0 bridgehead atoms. The Kier molecular flexibility index (Phi) is 8.99. The number of anilines is 3. The second-order valence-corrected chi connectivity index (χ2v) is 10.2. The van der Waals surface area contributed by atoms with Crippen LogP contribution in [0.25, 0.3) is 10.9 Å². The van der Waals surface area contributed by atoms with Crippen molar-refractivity contribution in [3.63, 3.8) is 0 Å². The molecule has 3 aromatic carbocycles. The number of aromatic nitrogens is 1. The van der Waals surface area contributed by atoms with Gasteiger partial charge >= 0.3 is 0 Å². The number of hydrogen-bond acceptors (Lipinski definition) is 7. The van der Waals surface area contributed by atoms with Gasteiger partial charge in [-0.3, -0.25) is 8.91 Å². The molecule has 0 saturated heterocycles. The summed E-state index contributed by atoms with van der Waals surface area (Å²) in [5, 5.41) is 4.17. The van der Waals surface area contributed by atoms with E-state index in [1.807, 2.05) is 72.2 Å². The van der Waals surface area contributed by atoms with Crippen molar-refractivity contribution in [2.75, 3.05) is 16.6 Å². The SMILES string of the molecule is CCOS(=O)(=O)[O-].CC[n+]1cc(S(=O)(=O)Nc2ccccc2)c(Nc2ccccc2)c2ccccc21. The van der Waals surface area contributed by atoms with E-state index in [2.05, 4.69) is 14.2 Å². The van der Waals surface area contributed by atoms with Gasteiger partial charge in [-0.05, 0) is 44.2 Å². The molecule has 11 heteroatoms. The molecule has 0 aliphatic carbocycles. The molecule has 0 amide bonds. The van der Waals surface area contributed by atoms with E-state index in [9.17, 15) is 21.4 Å². The van der Waals surface area contributed by atoms with Crippen molar-refractivity contribution in [3.8, 4) is 0 Å². The smallest absolute Gasteiger partial charge is 0.269 e. The number of hydrogen-bond donors (Lipinski definition) is 2. The van der Waals surface area contributed by atoms with Crippen LogP contribution in [0.3, 0.4) is 0 Å². The van der Waals surface area contributed by atoms with Crippen LogP contribution in [0, 0.1) is 0 Å². The summed E-state index contributed by atoms with van der Waals surface area (Å²) < 4.78 is 63.4. The Morgan fingerprint density at radius 1 is 0.806 bits per heavy atom. The Labute approximate surface area is 211 Å². The largest absolute Gasteiger partial charge is 0.726 e. The van der Waals surface area contributed by atoms with Crippen molar-refractivity contribution in [2.24, 2.45) is 0 Å². The molecule has 0 unspecified atom stereocenters. The third-order valence-electron chi connectivity index (χ3n) is 4.96.